The minimum absolute atomic E-state index is 0. The Hall–Kier alpha value is 0.339. The van der Waals surface area contributed by atoms with Crippen LogP contribution in [-0.4, -0.2) is 27.3 Å². The van der Waals surface area contributed by atoms with Crippen LogP contribution in [0.5, 0.6) is 0 Å². The van der Waals surface area contributed by atoms with Crippen molar-refractivity contribution in [3.05, 3.63) is 112 Å². The molecular weight excluding hydrogens is 478 g/mol. The van der Waals surface area contributed by atoms with E-state index >= 15 is 0 Å². The van der Waals surface area contributed by atoms with E-state index in [9.17, 15) is 0 Å². The van der Waals surface area contributed by atoms with Crippen molar-refractivity contribution >= 4 is 15.8 Å². The van der Waals surface area contributed by atoms with Crippen LogP contribution >= 0.6 is 15.8 Å². The molecule has 0 unspecified atom stereocenters. The second kappa shape index (κ2) is 13.0. The standard InChI is InChI=1S/C25H35P2.C5H5.Fe/c1-19(27(24(2,3)4)25(5,6)7)22-17-12-18-23(22)26(20-13-8-9-14-20)21-15-10-11-16-21;1-2-4-5-3-1;/h8-21H,1-7H3;1-5H;/q;;+2/t19-;;/m1../s1. The van der Waals surface area contributed by atoms with Gasteiger partial charge in [-0.2, -0.15) is 0 Å². The Morgan fingerprint density at radius 3 is 1.39 bits per heavy atom. The molecule has 4 aliphatic rings. The normalized spacial score (nSPS) is 23.1. The molecular formula is C30H40FeP2+2. The van der Waals surface area contributed by atoms with Gasteiger partial charge in [-0.1, -0.05) is 113 Å². The molecule has 0 nitrogen and oxygen atoms in total. The average Bonchev–Trinajstić information content (AvgIpc) is 3.48. The van der Waals surface area contributed by atoms with Crippen LogP contribution in [0.1, 0.15) is 48.5 Å². The first kappa shape index (κ1) is 29.6. The molecule has 176 valence electrons. The molecule has 0 heterocycles. The van der Waals surface area contributed by atoms with Gasteiger partial charge >= 0.3 is 17.1 Å². The predicted octanol–water partition coefficient (Wildman–Crippen LogP) is 8.68. The smallest absolute Gasteiger partial charge is 0.0921 e. The van der Waals surface area contributed by atoms with E-state index in [2.05, 4.69) is 116 Å². The second-order valence-corrected chi connectivity index (χ2v) is 17.3. The molecule has 0 spiro atoms. The van der Waals surface area contributed by atoms with Crippen LogP contribution in [0.25, 0.3) is 0 Å². The zero-order valence-corrected chi connectivity index (χ0v) is 24.1. The van der Waals surface area contributed by atoms with Crippen molar-refractivity contribution in [1.29, 1.82) is 0 Å². The summed E-state index contributed by atoms with van der Waals surface area (Å²) in [6, 6.07) is 0. The zero-order valence-electron chi connectivity index (χ0n) is 21.2. The van der Waals surface area contributed by atoms with E-state index in [1.165, 1.54) is 0 Å². The van der Waals surface area contributed by atoms with Gasteiger partial charge in [-0.25, -0.2) is 0 Å². The number of allylic oxidation sites excluding steroid dienone is 8. The molecule has 33 heavy (non-hydrogen) atoms. The predicted molar refractivity (Wildman–Crippen MR) is 148 cm³/mol. The van der Waals surface area contributed by atoms with Gasteiger partial charge in [0.1, 0.15) is 0 Å². The Morgan fingerprint density at radius 2 is 1.03 bits per heavy atom. The minimum atomic E-state index is -0.308. The van der Waals surface area contributed by atoms with Crippen LogP contribution < -0.4 is 0 Å². The molecule has 0 aliphatic heterocycles. The van der Waals surface area contributed by atoms with Gasteiger partial charge in [0.05, 0.1) is 0 Å². The first-order chi connectivity index (χ1) is 15.1. The van der Waals surface area contributed by atoms with E-state index in [4.69, 9.17) is 0 Å². The van der Waals surface area contributed by atoms with Crippen LogP contribution in [0.3, 0.4) is 0 Å². The monoisotopic (exact) mass is 518 g/mol. The number of hydrogen-bond acceptors (Lipinski definition) is 0. The molecule has 0 saturated heterocycles. The molecule has 1 atom stereocenters. The maximum absolute atomic E-state index is 2.50. The van der Waals surface area contributed by atoms with Gasteiger partial charge in [0.15, 0.2) is 0 Å². The first-order valence-electron chi connectivity index (χ1n) is 11.8. The third-order valence-electron chi connectivity index (χ3n) is 6.04. The molecule has 0 aromatic carbocycles. The average molecular weight is 518 g/mol. The van der Waals surface area contributed by atoms with Gasteiger partial charge in [-0.05, 0) is 73.3 Å². The number of hydrogen-bond donors (Lipinski definition) is 0. The van der Waals surface area contributed by atoms with Crippen LogP contribution in [-0.2, 0) is 17.1 Å². The molecule has 4 rings (SSSR count). The summed E-state index contributed by atoms with van der Waals surface area (Å²) in [4.78, 5) is 0. The zero-order chi connectivity index (χ0) is 23.4. The second-order valence-electron chi connectivity index (χ2n) is 10.6. The largest absolute Gasteiger partial charge is 2.00 e. The Morgan fingerprint density at radius 1 is 0.636 bits per heavy atom. The van der Waals surface area contributed by atoms with E-state index in [1.807, 2.05) is 32.1 Å². The Bertz CT molecular complexity index is 628. The molecule has 2 fully saturated rings. The van der Waals surface area contributed by atoms with Crippen LogP contribution in [0.4, 0.5) is 0 Å². The van der Waals surface area contributed by atoms with Gasteiger partial charge in [-0.15, -0.1) is 0 Å². The summed E-state index contributed by atoms with van der Waals surface area (Å²) >= 11 is 0. The summed E-state index contributed by atoms with van der Waals surface area (Å²) in [6.45, 7) is 17.1. The van der Waals surface area contributed by atoms with Gasteiger partial charge < -0.3 is 0 Å². The van der Waals surface area contributed by atoms with Gasteiger partial charge in [0.2, 0.25) is 0 Å². The molecule has 0 amide bonds. The van der Waals surface area contributed by atoms with Crippen molar-refractivity contribution in [2.75, 3.05) is 0 Å². The van der Waals surface area contributed by atoms with Crippen LogP contribution in [0.2, 0.25) is 0 Å². The van der Waals surface area contributed by atoms with Crippen LogP contribution in [0.15, 0.2) is 48.6 Å². The fourth-order valence-corrected chi connectivity index (χ4v) is 13.3. The van der Waals surface area contributed by atoms with Crippen molar-refractivity contribution in [3.8, 4) is 0 Å². The molecule has 0 N–H and O–H groups in total. The summed E-state index contributed by atoms with van der Waals surface area (Å²) in [7, 11) is -0.489. The Balaban J connectivity index is 0.000000568. The molecule has 10 radical (unpaired) electrons. The fraction of sp³-hybridized carbons (Fsp3) is 0.400. The fourth-order valence-electron chi connectivity index (χ4n) is 5.37. The maximum Gasteiger partial charge on any atom is 2.00 e. The van der Waals surface area contributed by atoms with E-state index in [0.29, 0.717) is 27.3 Å². The van der Waals surface area contributed by atoms with E-state index in [0.717, 1.165) is 0 Å². The molecule has 3 heteroatoms. The maximum atomic E-state index is 2.50. The third-order valence-corrected chi connectivity index (χ3v) is 12.9. The topological polar surface area (TPSA) is 0 Å². The van der Waals surface area contributed by atoms with Gasteiger partial charge in [-0.3, -0.25) is 0 Å². The molecule has 2 saturated carbocycles. The third kappa shape index (κ3) is 7.91. The Kier molecular flexibility index (Phi) is 11.7. The first-order valence-corrected chi connectivity index (χ1v) is 14.7. The van der Waals surface area contributed by atoms with Crippen molar-refractivity contribution in [2.24, 2.45) is 0 Å². The minimum Gasteiger partial charge on any atom is -0.0921 e. The van der Waals surface area contributed by atoms with Crippen molar-refractivity contribution in [3.63, 3.8) is 0 Å². The summed E-state index contributed by atoms with van der Waals surface area (Å²) in [5.41, 5.74) is 3.35. The summed E-state index contributed by atoms with van der Waals surface area (Å²) in [5, 5.41) is 0.676. The molecule has 0 aromatic rings. The van der Waals surface area contributed by atoms with E-state index < -0.39 is 0 Å². The van der Waals surface area contributed by atoms with Crippen molar-refractivity contribution < 1.29 is 17.1 Å². The number of rotatable bonds is 5. The van der Waals surface area contributed by atoms with Gasteiger partial charge in [0.25, 0.3) is 0 Å². The molecule has 0 aromatic heterocycles. The van der Waals surface area contributed by atoms with Crippen molar-refractivity contribution in [1.82, 2.24) is 0 Å². The molecule has 4 aliphatic carbocycles. The van der Waals surface area contributed by atoms with E-state index in [1.54, 1.807) is 11.6 Å². The molecule has 0 bridgehead atoms. The summed E-state index contributed by atoms with van der Waals surface area (Å²) in [5.74, 6) is 1.61. The summed E-state index contributed by atoms with van der Waals surface area (Å²) < 4.78 is 0. The quantitative estimate of drug-likeness (QED) is 0.252. The van der Waals surface area contributed by atoms with Crippen LogP contribution in [0, 0.1) is 62.9 Å². The Labute approximate surface area is 219 Å². The van der Waals surface area contributed by atoms with E-state index in [-0.39, 0.29) is 32.9 Å². The van der Waals surface area contributed by atoms with Crippen molar-refractivity contribution in [2.45, 2.75) is 75.8 Å². The van der Waals surface area contributed by atoms with Gasteiger partial charge in [0, 0.05) is 17.0 Å². The SMILES string of the molecule is C[C@H]([C]1[CH][CH][CH][C]1P(C1C=CC=C1)C1C=CC=C1)P(C(C)(C)C)C(C)(C)C.[CH]1[CH][CH][CH][CH]1.[Fe+2]. The summed E-state index contributed by atoms with van der Waals surface area (Å²) in [6.07, 6.45) is 35.7.